The second kappa shape index (κ2) is 5.89. The topological polar surface area (TPSA) is 90.3 Å². The number of aromatic nitrogens is 4. The summed E-state index contributed by atoms with van der Waals surface area (Å²) in [6.45, 7) is 5.77. The smallest absolute Gasteiger partial charge is 0.227 e. The number of hydrogen-bond donors (Lipinski definition) is 2. The van der Waals surface area contributed by atoms with E-state index < -0.39 is 0 Å². The maximum absolute atomic E-state index is 9.41. The largest absolute Gasteiger partial charge is 0.342 e. The van der Waals surface area contributed by atoms with Crippen LogP contribution in [0.25, 0.3) is 11.4 Å². The third kappa shape index (κ3) is 3.19. The molecule has 2 heterocycles. The van der Waals surface area contributed by atoms with Crippen molar-refractivity contribution < 1.29 is 0 Å². The van der Waals surface area contributed by atoms with Crippen LogP contribution in [0.15, 0.2) is 30.5 Å². The summed E-state index contributed by atoms with van der Waals surface area (Å²) in [6.07, 6.45) is 1.74. The van der Waals surface area contributed by atoms with E-state index in [1.165, 1.54) is 0 Å². The fraction of sp³-hybridized carbons (Fsp3) is 0.176. The summed E-state index contributed by atoms with van der Waals surface area (Å²) in [5.41, 5.74) is 4.81. The van der Waals surface area contributed by atoms with Gasteiger partial charge < -0.3 is 10.3 Å². The van der Waals surface area contributed by atoms with Crippen LogP contribution in [0.5, 0.6) is 0 Å². The lowest BCUT2D eigenvalue weighted by molar-refractivity contribution is 1.06. The number of benzene rings is 1. The fourth-order valence-electron chi connectivity index (χ4n) is 2.38. The van der Waals surface area contributed by atoms with Crippen LogP contribution in [0, 0.1) is 32.1 Å². The molecular formula is C17H16N6. The highest BCUT2D eigenvalue weighted by Gasteiger charge is 2.10. The molecule has 2 N–H and O–H groups in total. The summed E-state index contributed by atoms with van der Waals surface area (Å²) >= 11 is 0. The molecule has 6 nitrogen and oxygen atoms in total. The van der Waals surface area contributed by atoms with Crippen molar-refractivity contribution in [1.82, 2.24) is 19.9 Å². The van der Waals surface area contributed by atoms with Crippen LogP contribution in [0.4, 0.5) is 11.6 Å². The van der Waals surface area contributed by atoms with Gasteiger partial charge in [0.15, 0.2) is 0 Å². The minimum atomic E-state index is 0.521. The van der Waals surface area contributed by atoms with Crippen molar-refractivity contribution in [3.8, 4) is 17.5 Å². The van der Waals surface area contributed by atoms with Gasteiger partial charge in [0.2, 0.25) is 5.95 Å². The van der Waals surface area contributed by atoms with Crippen LogP contribution in [0.1, 0.15) is 22.6 Å². The second-order valence-corrected chi connectivity index (χ2v) is 5.39. The zero-order valence-electron chi connectivity index (χ0n) is 13.2. The summed E-state index contributed by atoms with van der Waals surface area (Å²) < 4.78 is 0. The van der Waals surface area contributed by atoms with Crippen LogP contribution in [-0.4, -0.2) is 19.9 Å². The second-order valence-electron chi connectivity index (χ2n) is 5.39. The van der Waals surface area contributed by atoms with Crippen LogP contribution >= 0.6 is 0 Å². The summed E-state index contributed by atoms with van der Waals surface area (Å²) in [4.78, 5) is 16.1. The van der Waals surface area contributed by atoms with Gasteiger partial charge in [0.25, 0.3) is 0 Å². The van der Waals surface area contributed by atoms with E-state index in [2.05, 4.69) is 31.3 Å². The van der Waals surface area contributed by atoms with Gasteiger partial charge in [-0.25, -0.2) is 15.0 Å². The molecule has 6 heteroatoms. The first-order chi connectivity index (χ1) is 11.0. The average molecular weight is 304 g/mol. The molecule has 3 rings (SSSR count). The van der Waals surface area contributed by atoms with E-state index in [4.69, 9.17) is 0 Å². The maximum atomic E-state index is 9.41. The Balaban J connectivity index is 1.94. The van der Waals surface area contributed by atoms with Gasteiger partial charge in [-0.1, -0.05) is 0 Å². The molecule has 0 aliphatic rings. The Morgan fingerprint density at radius 3 is 2.43 bits per heavy atom. The van der Waals surface area contributed by atoms with Gasteiger partial charge in [-0.15, -0.1) is 0 Å². The molecular weight excluding hydrogens is 288 g/mol. The minimum absolute atomic E-state index is 0.521. The monoisotopic (exact) mass is 304 g/mol. The zero-order valence-corrected chi connectivity index (χ0v) is 13.2. The molecule has 0 spiro atoms. The van der Waals surface area contributed by atoms with Crippen LogP contribution in [0.3, 0.4) is 0 Å². The van der Waals surface area contributed by atoms with Gasteiger partial charge in [-0.3, -0.25) is 0 Å². The summed E-state index contributed by atoms with van der Waals surface area (Å²) in [6, 6.07) is 9.64. The number of aromatic amines is 1. The number of hydrogen-bond acceptors (Lipinski definition) is 5. The predicted molar refractivity (Wildman–Crippen MR) is 88.3 cm³/mol. The van der Waals surface area contributed by atoms with Crippen molar-refractivity contribution in [3.05, 3.63) is 53.1 Å². The number of nitrogens with zero attached hydrogens (tertiary/aromatic N) is 4. The number of nitriles is 1. The van der Waals surface area contributed by atoms with Gasteiger partial charge >= 0.3 is 0 Å². The van der Waals surface area contributed by atoms with Gasteiger partial charge in [0, 0.05) is 34.5 Å². The van der Waals surface area contributed by atoms with Gasteiger partial charge in [0.1, 0.15) is 5.82 Å². The quantitative estimate of drug-likeness (QED) is 0.774. The Hall–Kier alpha value is -3.20. The normalized spacial score (nSPS) is 10.3. The van der Waals surface area contributed by atoms with Crippen molar-refractivity contribution in [2.45, 2.75) is 20.8 Å². The summed E-state index contributed by atoms with van der Waals surface area (Å²) in [5, 5.41) is 12.6. The first-order valence-corrected chi connectivity index (χ1v) is 7.20. The highest BCUT2D eigenvalue weighted by Crippen LogP contribution is 2.25. The number of aryl methyl sites for hydroxylation is 3. The lowest BCUT2D eigenvalue weighted by Gasteiger charge is -2.08. The Morgan fingerprint density at radius 1 is 1.09 bits per heavy atom. The molecule has 2 aromatic heterocycles. The molecule has 0 saturated heterocycles. The maximum Gasteiger partial charge on any atom is 0.227 e. The molecule has 0 saturated carbocycles. The Labute approximate surface area is 134 Å². The Kier molecular flexibility index (Phi) is 3.77. The third-order valence-electron chi connectivity index (χ3n) is 3.34. The van der Waals surface area contributed by atoms with E-state index in [-0.39, 0.29) is 0 Å². The van der Waals surface area contributed by atoms with E-state index in [1.807, 2.05) is 39.0 Å². The van der Waals surface area contributed by atoms with Crippen molar-refractivity contribution in [3.63, 3.8) is 0 Å². The fourth-order valence-corrected chi connectivity index (χ4v) is 2.38. The average Bonchev–Trinajstić information content (AvgIpc) is 2.92. The van der Waals surface area contributed by atoms with E-state index in [1.54, 1.807) is 12.3 Å². The minimum Gasteiger partial charge on any atom is -0.342 e. The standard InChI is InChI=1S/C17H16N6/c1-10-6-11(2)22-17(21-10)23-14-4-5-15(13(7-14)8-18)16-19-9-12(3)20-16/h4-7,9H,1-3H3,(H,19,20)(H,21,22,23). The number of rotatable bonds is 3. The van der Waals surface area contributed by atoms with Crippen molar-refractivity contribution in [2.75, 3.05) is 5.32 Å². The van der Waals surface area contributed by atoms with Crippen LogP contribution in [0.2, 0.25) is 0 Å². The third-order valence-corrected chi connectivity index (χ3v) is 3.34. The lowest BCUT2D eigenvalue weighted by atomic mass is 10.1. The van der Waals surface area contributed by atoms with Crippen molar-refractivity contribution in [1.29, 1.82) is 5.26 Å². The van der Waals surface area contributed by atoms with E-state index >= 15 is 0 Å². The number of anilines is 2. The Morgan fingerprint density at radius 2 is 1.83 bits per heavy atom. The van der Waals surface area contributed by atoms with E-state index in [9.17, 15) is 5.26 Å². The van der Waals surface area contributed by atoms with Gasteiger partial charge in [0.05, 0.1) is 11.6 Å². The molecule has 1 aromatic carbocycles. The van der Waals surface area contributed by atoms with Crippen molar-refractivity contribution in [2.24, 2.45) is 0 Å². The lowest BCUT2D eigenvalue weighted by Crippen LogP contribution is -2.00. The number of H-pyrrole nitrogens is 1. The van der Waals surface area contributed by atoms with E-state index in [0.29, 0.717) is 17.3 Å². The van der Waals surface area contributed by atoms with Crippen LogP contribution in [-0.2, 0) is 0 Å². The van der Waals surface area contributed by atoms with E-state index in [0.717, 1.165) is 28.3 Å². The molecule has 0 aliphatic carbocycles. The molecule has 114 valence electrons. The highest BCUT2D eigenvalue weighted by atomic mass is 15.1. The first kappa shape index (κ1) is 14.7. The molecule has 23 heavy (non-hydrogen) atoms. The molecule has 0 unspecified atom stereocenters. The molecule has 0 amide bonds. The van der Waals surface area contributed by atoms with Gasteiger partial charge in [-0.2, -0.15) is 5.26 Å². The highest BCUT2D eigenvalue weighted by molar-refractivity contribution is 5.70. The molecule has 3 aromatic rings. The summed E-state index contributed by atoms with van der Waals surface area (Å²) in [7, 11) is 0. The zero-order chi connectivity index (χ0) is 16.4. The summed E-state index contributed by atoms with van der Waals surface area (Å²) in [5.74, 6) is 1.21. The molecule has 0 radical (unpaired) electrons. The van der Waals surface area contributed by atoms with Crippen molar-refractivity contribution >= 4 is 11.6 Å². The number of imidazole rings is 1. The predicted octanol–water partition coefficient (Wildman–Crippen LogP) is 3.41. The molecule has 0 fully saturated rings. The number of nitrogens with one attached hydrogen (secondary N) is 2. The van der Waals surface area contributed by atoms with Gasteiger partial charge in [-0.05, 0) is 45.0 Å². The molecule has 0 atom stereocenters. The first-order valence-electron chi connectivity index (χ1n) is 7.20. The molecule has 0 bridgehead atoms. The molecule has 0 aliphatic heterocycles. The Bertz CT molecular complexity index is 883. The van der Waals surface area contributed by atoms with Crippen LogP contribution < -0.4 is 5.32 Å². The SMILES string of the molecule is Cc1cc(C)nc(Nc2ccc(-c3ncc(C)[nH]3)c(C#N)c2)n1.